The van der Waals surface area contributed by atoms with Crippen molar-refractivity contribution in [3.8, 4) is 17.2 Å². The third-order valence-electron chi connectivity index (χ3n) is 2.65. The van der Waals surface area contributed by atoms with Gasteiger partial charge in [0, 0.05) is 10.5 Å². The molecule has 0 atom stereocenters. The molecule has 0 amide bonds. The van der Waals surface area contributed by atoms with Gasteiger partial charge < -0.3 is 15.2 Å². The van der Waals surface area contributed by atoms with E-state index in [4.69, 9.17) is 15.2 Å². The Labute approximate surface area is 121 Å². The number of halogens is 1. The highest BCUT2D eigenvalue weighted by molar-refractivity contribution is 9.10. The van der Waals surface area contributed by atoms with Gasteiger partial charge in [0.15, 0.2) is 0 Å². The predicted octanol–water partition coefficient (Wildman–Crippen LogP) is 4.53. The summed E-state index contributed by atoms with van der Waals surface area (Å²) in [4.78, 5) is 0. The second kappa shape index (κ2) is 5.97. The van der Waals surface area contributed by atoms with Gasteiger partial charge in [-0.2, -0.15) is 0 Å². The zero-order valence-electron chi connectivity index (χ0n) is 10.9. The minimum Gasteiger partial charge on any atom is -0.492 e. The molecule has 2 aromatic carbocycles. The Morgan fingerprint density at radius 2 is 1.89 bits per heavy atom. The minimum absolute atomic E-state index is 0.574. The van der Waals surface area contributed by atoms with Gasteiger partial charge in [-0.15, -0.1) is 0 Å². The van der Waals surface area contributed by atoms with E-state index in [2.05, 4.69) is 15.9 Å². The molecule has 0 fully saturated rings. The average molecular weight is 322 g/mol. The van der Waals surface area contributed by atoms with Crippen molar-refractivity contribution in [1.82, 2.24) is 0 Å². The van der Waals surface area contributed by atoms with E-state index < -0.39 is 0 Å². The maximum Gasteiger partial charge on any atom is 0.145 e. The molecule has 0 saturated heterocycles. The number of nitrogen functional groups attached to an aromatic ring is 1. The number of rotatable bonds is 4. The molecule has 2 rings (SSSR count). The van der Waals surface area contributed by atoms with Crippen molar-refractivity contribution in [2.24, 2.45) is 0 Å². The molecular weight excluding hydrogens is 306 g/mol. The minimum atomic E-state index is 0.574. The van der Waals surface area contributed by atoms with Gasteiger partial charge >= 0.3 is 0 Å². The van der Waals surface area contributed by atoms with Crippen LogP contribution in [0.3, 0.4) is 0 Å². The molecule has 4 heteroatoms. The third kappa shape index (κ3) is 3.41. The van der Waals surface area contributed by atoms with Gasteiger partial charge in [-0.25, -0.2) is 0 Å². The summed E-state index contributed by atoms with van der Waals surface area (Å²) in [6, 6.07) is 11.3. The van der Waals surface area contributed by atoms with E-state index in [9.17, 15) is 0 Å². The molecule has 0 aliphatic heterocycles. The molecule has 0 bridgehead atoms. The van der Waals surface area contributed by atoms with Gasteiger partial charge in [0.05, 0.1) is 12.3 Å². The highest BCUT2D eigenvalue weighted by Gasteiger charge is 2.06. The molecule has 3 nitrogen and oxygen atoms in total. The fourth-order valence-electron chi connectivity index (χ4n) is 1.71. The third-order valence-corrected chi connectivity index (χ3v) is 3.14. The van der Waals surface area contributed by atoms with E-state index in [0.717, 1.165) is 15.8 Å². The van der Waals surface area contributed by atoms with E-state index >= 15 is 0 Å². The average Bonchev–Trinajstić information content (AvgIpc) is 2.37. The van der Waals surface area contributed by atoms with Crippen LogP contribution in [0.15, 0.2) is 40.9 Å². The topological polar surface area (TPSA) is 44.5 Å². The van der Waals surface area contributed by atoms with Gasteiger partial charge in [-0.3, -0.25) is 0 Å². The zero-order valence-corrected chi connectivity index (χ0v) is 12.5. The number of ether oxygens (including phenoxy) is 2. The maximum absolute atomic E-state index is 5.85. The fourth-order valence-corrected chi connectivity index (χ4v) is 2.19. The first kappa shape index (κ1) is 13.7. The number of benzene rings is 2. The van der Waals surface area contributed by atoms with Crippen LogP contribution in [0.1, 0.15) is 12.5 Å². The van der Waals surface area contributed by atoms with Crippen LogP contribution in [-0.2, 0) is 0 Å². The highest BCUT2D eigenvalue weighted by atomic mass is 79.9. The Hall–Kier alpha value is -1.68. The lowest BCUT2D eigenvalue weighted by molar-refractivity contribution is 0.340. The lowest BCUT2D eigenvalue weighted by atomic mass is 10.2. The van der Waals surface area contributed by atoms with Crippen LogP contribution in [0.4, 0.5) is 5.69 Å². The van der Waals surface area contributed by atoms with Gasteiger partial charge in [0.2, 0.25) is 0 Å². The number of anilines is 1. The smallest absolute Gasteiger partial charge is 0.145 e. The molecule has 0 aromatic heterocycles. The Kier molecular flexibility index (Phi) is 4.32. The zero-order chi connectivity index (χ0) is 13.8. The fraction of sp³-hybridized carbons (Fsp3) is 0.200. The quantitative estimate of drug-likeness (QED) is 0.841. The second-order valence-electron chi connectivity index (χ2n) is 4.14. The summed E-state index contributed by atoms with van der Waals surface area (Å²) in [5.41, 5.74) is 7.50. The summed E-state index contributed by atoms with van der Waals surface area (Å²) in [5, 5.41) is 0. The lowest BCUT2D eigenvalue weighted by Gasteiger charge is -2.12. The van der Waals surface area contributed by atoms with E-state index in [-0.39, 0.29) is 0 Å². The summed E-state index contributed by atoms with van der Waals surface area (Å²) in [7, 11) is 0. The van der Waals surface area contributed by atoms with E-state index in [0.29, 0.717) is 23.8 Å². The molecule has 0 radical (unpaired) electrons. The van der Waals surface area contributed by atoms with Crippen molar-refractivity contribution in [2.75, 3.05) is 12.3 Å². The van der Waals surface area contributed by atoms with E-state index in [1.54, 1.807) is 12.1 Å². The Balaban J connectivity index is 2.25. The molecule has 2 N–H and O–H groups in total. The molecule has 0 aliphatic carbocycles. The first-order chi connectivity index (χ1) is 9.10. The van der Waals surface area contributed by atoms with Crippen LogP contribution in [0.25, 0.3) is 0 Å². The van der Waals surface area contributed by atoms with Crippen molar-refractivity contribution in [2.45, 2.75) is 13.8 Å². The molecule has 0 spiro atoms. The van der Waals surface area contributed by atoms with Gasteiger partial charge in [0.25, 0.3) is 0 Å². The second-order valence-corrected chi connectivity index (χ2v) is 5.06. The van der Waals surface area contributed by atoms with Gasteiger partial charge in [-0.05, 0) is 49.7 Å². The van der Waals surface area contributed by atoms with Crippen LogP contribution in [0.2, 0.25) is 0 Å². The van der Waals surface area contributed by atoms with Crippen LogP contribution in [0, 0.1) is 6.92 Å². The number of nitrogens with two attached hydrogens (primary N) is 1. The predicted molar refractivity (Wildman–Crippen MR) is 81.0 cm³/mol. The first-order valence-corrected chi connectivity index (χ1v) is 6.85. The van der Waals surface area contributed by atoms with Crippen LogP contribution < -0.4 is 15.2 Å². The molecule has 0 unspecified atom stereocenters. The summed E-state index contributed by atoms with van der Waals surface area (Å²) in [6.07, 6.45) is 0. The lowest BCUT2D eigenvalue weighted by Crippen LogP contribution is -1.97. The van der Waals surface area contributed by atoms with Crippen molar-refractivity contribution < 1.29 is 9.47 Å². The molecule has 0 heterocycles. The monoisotopic (exact) mass is 321 g/mol. The maximum atomic E-state index is 5.85. The summed E-state index contributed by atoms with van der Waals surface area (Å²) in [6.45, 7) is 4.50. The largest absolute Gasteiger partial charge is 0.492 e. The van der Waals surface area contributed by atoms with Crippen molar-refractivity contribution in [3.05, 3.63) is 46.4 Å². The summed E-state index contributed by atoms with van der Waals surface area (Å²) >= 11 is 3.43. The van der Waals surface area contributed by atoms with Crippen LogP contribution in [-0.4, -0.2) is 6.61 Å². The Morgan fingerprint density at radius 3 is 2.58 bits per heavy atom. The summed E-state index contributed by atoms with van der Waals surface area (Å²) in [5.74, 6) is 2.17. The van der Waals surface area contributed by atoms with Crippen LogP contribution in [0.5, 0.6) is 17.2 Å². The number of hydrogen-bond donors (Lipinski definition) is 1. The van der Waals surface area contributed by atoms with Crippen molar-refractivity contribution in [1.29, 1.82) is 0 Å². The summed E-state index contributed by atoms with van der Waals surface area (Å²) < 4.78 is 12.3. The van der Waals surface area contributed by atoms with Gasteiger partial charge in [0.1, 0.15) is 17.2 Å². The molecule has 0 aliphatic rings. The number of aryl methyl sites for hydroxylation is 1. The normalized spacial score (nSPS) is 10.3. The molecular formula is C15H16BrNO2. The van der Waals surface area contributed by atoms with Crippen molar-refractivity contribution >= 4 is 21.6 Å². The SMILES string of the molecule is CCOc1cc(Oc2ccc(Br)cc2C)ccc1N. The Morgan fingerprint density at radius 1 is 1.11 bits per heavy atom. The first-order valence-electron chi connectivity index (χ1n) is 6.06. The number of hydrogen-bond acceptors (Lipinski definition) is 3. The van der Waals surface area contributed by atoms with Crippen molar-refractivity contribution in [3.63, 3.8) is 0 Å². The molecule has 0 saturated carbocycles. The standard InChI is InChI=1S/C15H16BrNO2/c1-3-18-15-9-12(5-6-13(15)17)19-14-7-4-11(16)8-10(14)2/h4-9H,3,17H2,1-2H3. The van der Waals surface area contributed by atoms with Gasteiger partial charge in [-0.1, -0.05) is 15.9 Å². The Bertz CT molecular complexity index is 584. The van der Waals surface area contributed by atoms with Crippen LogP contribution >= 0.6 is 15.9 Å². The molecule has 2 aromatic rings. The molecule has 19 heavy (non-hydrogen) atoms. The van der Waals surface area contributed by atoms with E-state index in [1.807, 2.05) is 38.1 Å². The molecule has 100 valence electrons. The van der Waals surface area contributed by atoms with E-state index in [1.165, 1.54) is 0 Å². The highest BCUT2D eigenvalue weighted by Crippen LogP contribution is 2.32.